The third-order valence-corrected chi connectivity index (χ3v) is 11.1. The van der Waals surface area contributed by atoms with Crippen molar-refractivity contribution in [1.82, 2.24) is 5.32 Å². The molecule has 0 bridgehead atoms. The predicted octanol–water partition coefficient (Wildman–Crippen LogP) is 7.61. The molecular formula is C27H42Cl3NO4. The maximum Gasteiger partial charge on any atom is 0.407 e. The molecule has 5 nitrogen and oxygen atoms in total. The number of aliphatic carboxylic acids is 1. The molecule has 9 atom stereocenters. The van der Waals surface area contributed by atoms with Crippen molar-refractivity contribution in [3.05, 3.63) is 0 Å². The lowest BCUT2D eigenvalue weighted by Gasteiger charge is -2.62. The van der Waals surface area contributed by atoms with Gasteiger partial charge in [0.05, 0.1) is 6.42 Å². The van der Waals surface area contributed by atoms with Gasteiger partial charge in [-0.05, 0) is 97.7 Å². The van der Waals surface area contributed by atoms with Crippen LogP contribution in [0.4, 0.5) is 4.79 Å². The van der Waals surface area contributed by atoms with Gasteiger partial charge in [0.1, 0.15) is 6.61 Å². The van der Waals surface area contributed by atoms with Crippen LogP contribution in [0, 0.1) is 46.3 Å². The van der Waals surface area contributed by atoms with E-state index in [0.717, 1.165) is 37.0 Å². The Kier molecular flexibility index (Phi) is 8.22. The van der Waals surface area contributed by atoms with Crippen molar-refractivity contribution >= 4 is 46.9 Å². The zero-order valence-electron chi connectivity index (χ0n) is 21.3. The molecule has 8 heteroatoms. The number of carboxylic acid groups (broad SMARTS) is 1. The van der Waals surface area contributed by atoms with Crippen LogP contribution >= 0.6 is 34.8 Å². The van der Waals surface area contributed by atoms with Gasteiger partial charge in [-0.2, -0.15) is 0 Å². The molecule has 2 N–H and O–H groups in total. The van der Waals surface area contributed by atoms with Crippen LogP contribution < -0.4 is 5.32 Å². The van der Waals surface area contributed by atoms with Gasteiger partial charge in [-0.3, -0.25) is 4.79 Å². The zero-order valence-corrected chi connectivity index (χ0v) is 23.6. The van der Waals surface area contributed by atoms with Gasteiger partial charge in [-0.1, -0.05) is 68.4 Å². The average Bonchev–Trinajstić information content (AvgIpc) is 3.17. The monoisotopic (exact) mass is 549 g/mol. The molecule has 200 valence electrons. The minimum atomic E-state index is -1.70. The van der Waals surface area contributed by atoms with E-state index >= 15 is 0 Å². The first-order valence-corrected chi connectivity index (χ1v) is 14.7. The smallest absolute Gasteiger partial charge is 0.407 e. The predicted molar refractivity (Wildman–Crippen MR) is 140 cm³/mol. The van der Waals surface area contributed by atoms with E-state index in [1.165, 1.54) is 44.9 Å². The van der Waals surface area contributed by atoms with Crippen LogP contribution in [0.25, 0.3) is 0 Å². The quantitative estimate of drug-likeness (QED) is 0.334. The van der Waals surface area contributed by atoms with Crippen molar-refractivity contribution < 1.29 is 19.4 Å². The highest BCUT2D eigenvalue weighted by Crippen LogP contribution is 2.67. The molecule has 35 heavy (non-hydrogen) atoms. The molecule has 0 heterocycles. The summed E-state index contributed by atoms with van der Waals surface area (Å²) in [6.45, 7) is 6.91. The lowest BCUT2D eigenvalue weighted by Crippen LogP contribution is -2.56. The molecule has 4 rings (SSSR count). The van der Waals surface area contributed by atoms with Crippen molar-refractivity contribution in [2.45, 2.75) is 101 Å². The number of nitrogens with one attached hydrogen (secondary N) is 1. The molecule has 0 spiro atoms. The fraction of sp³-hybridized carbons (Fsp3) is 0.926. The second-order valence-electron chi connectivity index (χ2n) is 12.6. The molecule has 0 aromatic rings. The van der Waals surface area contributed by atoms with Crippen molar-refractivity contribution in [2.24, 2.45) is 46.3 Å². The molecule has 1 amide bonds. The Morgan fingerprint density at radius 1 is 1.11 bits per heavy atom. The van der Waals surface area contributed by atoms with Gasteiger partial charge < -0.3 is 15.2 Å². The number of hydrogen-bond acceptors (Lipinski definition) is 3. The van der Waals surface area contributed by atoms with Crippen LogP contribution in [0.1, 0.15) is 91.4 Å². The van der Waals surface area contributed by atoms with Crippen molar-refractivity contribution in [1.29, 1.82) is 0 Å². The van der Waals surface area contributed by atoms with Gasteiger partial charge >= 0.3 is 12.1 Å². The standard InChI is InChI=1S/C27H42Cl3NO4/c1-4-16-14-26(3)17(7-8-18-20-6-5-10-25(20,2)11-9-21(18)26)12-19(16)22(13-23(32)33)31-24(34)35-15-27(28,29)30/h16-22H,4-15H2,1-3H3,(H,31,34)(H,32,33)/t16-,17-,18-,19+,20-,21-,22?,25-,26-/m0/s1. The minimum absolute atomic E-state index is 0.103. The fourth-order valence-electron chi connectivity index (χ4n) is 9.25. The van der Waals surface area contributed by atoms with E-state index in [4.69, 9.17) is 39.5 Å². The fourth-order valence-corrected chi connectivity index (χ4v) is 9.41. The minimum Gasteiger partial charge on any atom is -0.481 e. The number of rotatable bonds is 6. The summed E-state index contributed by atoms with van der Waals surface area (Å²) in [7, 11) is 0. The van der Waals surface area contributed by atoms with Crippen LogP contribution in [0.15, 0.2) is 0 Å². The highest BCUT2D eigenvalue weighted by Gasteiger charge is 2.59. The molecular weight excluding hydrogens is 509 g/mol. The first-order chi connectivity index (χ1) is 16.4. The average molecular weight is 551 g/mol. The van der Waals surface area contributed by atoms with E-state index < -0.39 is 21.9 Å². The molecule has 0 saturated heterocycles. The Bertz CT molecular complexity index is 804. The molecule has 4 aliphatic rings. The molecule has 0 aliphatic heterocycles. The van der Waals surface area contributed by atoms with Crippen LogP contribution in [0.2, 0.25) is 0 Å². The van der Waals surface area contributed by atoms with E-state index in [1.807, 2.05) is 0 Å². The Morgan fingerprint density at radius 3 is 2.51 bits per heavy atom. The highest BCUT2D eigenvalue weighted by atomic mass is 35.6. The summed E-state index contributed by atoms with van der Waals surface area (Å²) >= 11 is 17.1. The number of fused-ring (bicyclic) bond motifs is 5. The lowest BCUT2D eigenvalue weighted by molar-refractivity contribution is -0.141. The Hall–Kier alpha value is -0.390. The van der Waals surface area contributed by atoms with Crippen LogP contribution in [0.3, 0.4) is 0 Å². The summed E-state index contributed by atoms with van der Waals surface area (Å²) < 4.78 is 3.38. The number of carbonyl (C=O) groups is 2. The SMILES string of the molecule is CC[C@H]1C[C@@]2(C)[C@@H](CC[C@H]3[C@@H]4CCC[C@@]4(C)CC[C@@H]32)C[C@H]1C(CC(=O)O)NC(=O)OCC(Cl)(Cl)Cl. The largest absolute Gasteiger partial charge is 0.481 e. The van der Waals surface area contributed by atoms with Crippen molar-refractivity contribution in [3.63, 3.8) is 0 Å². The van der Waals surface area contributed by atoms with E-state index in [9.17, 15) is 14.7 Å². The molecule has 0 radical (unpaired) electrons. The third kappa shape index (κ3) is 5.72. The summed E-state index contributed by atoms with van der Waals surface area (Å²) in [5.74, 6) is 2.61. The zero-order chi connectivity index (χ0) is 25.6. The van der Waals surface area contributed by atoms with Gasteiger partial charge in [0.15, 0.2) is 0 Å². The first kappa shape index (κ1) is 27.6. The number of alkyl carbamates (subject to hydrolysis) is 1. The van der Waals surface area contributed by atoms with Gasteiger partial charge in [0.2, 0.25) is 3.79 Å². The Morgan fingerprint density at radius 2 is 1.86 bits per heavy atom. The maximum atomic E-state index is 12.5. The van der Waals surface area contributed by atoms with Gasteiger partial charge in [0.25, 0.3) is 0 Å². The molecule has 1 unspecified atom stereocenters. The summed E-state index contributed by atoms with van der Waals surface area (Å²) in [6.07, 6.45) is 11.6. The summed E-state index contributed by atoms with van der Waals surface area (Å²) in [5.41, 5.74) is 0.850. The normalized spacial score (nSPS) is 41.8. The second kappa shape index (κ2) is 10.4. The van der Waals surface area contributed by atoms with Crippen LogP contribution in [-0.4, -0.2) is 33.6 Å². The summed E-state index contributed by atoms with van der Waals surface area (Å²) in [5, 5.41) is 12.5. The molecule has 4 aliphatic carbocycles. The van der Waals surface area contributed by atoms with E-state index in [2.05, 4.69) is 26.1 Å². The highest BCUT2D eigenvalue weighted by molar-refractivity contribution is 6.67. The third-order valence-electron chi connectivity index (χ3n) is 10.8. The van der Waals surface area contributed by atoms with E-state index in [0.29, 0.717) is 22.7 Å². The van der Waals surface area contributed by atoms with Crippen molar-refractivity contribution in [2.75, 3.05) is 6.61 Å². The second-order valence-corrected chi connectivity index (χ2v) is 15.1. The lowest BCUT2D eigenvalue weighted by atomic mass is 9.43. The first-order valence-electron chi connectivity index (χ1n) is 13.6. The van der Waals surface area contributed by atoms with Gasteiger partial charge in [-0.25, -0.2) is 4.79 Å². The van der Waals surface area contributed by atoms with E-state index in [-0.39, 0.29) is 18.9 Å². The molecule has 4 saturated carbocycles. The maximum absolute atomic E-state index is 12.5. The number of amides is 1. The number of alkyl halides is 3. The summed E-state index contributed by atoms with van der Waals surface area (Å²) in [4.78, 5) is 24.2. The van der Waals surface area contributed by atoms with Gasteiger partial charge in [-0.15, -0.1) is 0 Å². The number of hydrogen-bond donors (Lipinski definition) is 2. The Balaban J connectivity index is 1.51. The topological polar surface area (TPSA) is 75.6 Å². The summed E-state index contributed by atoms with van der Waals surface area (Å²) in [6, 6.07) is -0.493. The van der Waals surface area contributed by atoms with Crippen LogP contribution in [-0.2, 0) is 9.53 Å². The number of ether oxygens (including phenoxy) is 1. The van der Waals surface area contributed by atoms with E-state index in [1.54, 1.807) is 0 Å². The number of carbonyl (C=O) groups excluding carboxylic acids is 1. The molecule has 0 aromatic carbocycles. The Labute approximate surface area is 225 Å². The number of halogens is 3. The molecule has 0 aromatic heterocycles. The molecule has 4 fully saturated rings. The number of carboxylic acids is 1. The van der Waals surface area contributed by atoms with Gasteiger partial charge in [0, 0.05) is 6.04 Å². The van der Waals surface area contributed by atoms with Crippen molar-refractivity contribution in [3.8, 4) is 0 Å². The van der Waals surface area contributed by atoms with Crippen LogP contribution in [0.5, 0.6) is 0 Å².